The van der Waals surface area contributed by atoms with Crippen LogP contribution in [0.15, 0.2) is 41.1 Å². The van der Waals surface area contributed by atoms with Crippen LogP contribution in [0.3, 0.4) is 0 Å². The number of hydrogen-bond acceptors (Lipinski definition) is 3. The molecule has 2 aromatic rings. The van der Waals surface area contributed by atoms with E-state index in [9.17, 15) is 5.11 Å². The second-order valence-corrected chi connectivity index (χ2v) is 6.26. The van der Waals surface area contributed by atoms with Crippen LogP contribution in [0.4, 0.5) is 0 Å². The first kappa shape index (κ1) is 13.8. The van der Waals surface area contributed by atoms with Gasteiger partial charge in [-0.1, -0.05) is 30.7 Å². The van der Waals surface area contributed by atoms with Gasteiger partial charge in [0.15, 0.2) is 0 Å². The number of rotatable bonds is 4. The summed E-state index contributed by atoms with van der Waals surface area (Å²) in [4.78, 5) is 0. The van der Waals surface area contributed by atoms with Gasteiger partial charge in [0.25, 0.3) is 0 Å². The van der Waals surface area contributed by atoms with Crippen molar-refractivity contribution >= 4 is 11.3 Å². The van der Waals surface area contributed by atoms with E-state index < -0.39 is 6.10 Å². The van der Waals surface area contributed by atoms with Crippen molar-refractivity contribution in [3.05, 3.63) is 57.8 Å². The lowest BCUT2D eigenvalue weighted by Gasteiger charge is -2.21. The van der Waals surface area contributed by atoms with Crippen LogP contribution in [0.5, 0.6) is 0 Å². The van der Waals surface area contributed by atoms with Crippen LogP contribution < -0.4 is 5.32 Å². The van der Waals surface area contributed by atoms with Gasteiger partial charge in [0.2, 0.25) is 0 Å². The maximum Gasteiger partial charge on any atom is 0.0922 e. The molecule has 106 valence electrons. The van der Waals surface area contributed by atoms with Crippen LogP contribution in [0.2, 0.25) is 0 Å². The van der Waals surface area contributed by atoms with E-state index in [4.69, 9.17) is 0 Å². The highest BCUT2D eigenvalue weighted by Crippen LogP contribution is 2.29. The average Bonchev–Trinajstić information content (AvgIpc) is 2.93. The Bertz CT molecular complexity index is 538. The van der Waals surface area contributed by atoms with E-state index >= 15 is 0 Å². The van der Waals surface area contributed by atoms with Crippen LogP contribution in [0.1, 0.15) is 48.1 Å². The molecule has 3 rings (SSSR count). The van der Waals surface area contributed by atoms with Gasteiger partial charge >= 0.3 is 0 Å². The van der Waals surface area contributed by atoms with Gasteiger partial charge in [-0.05, 0) is 52.8 Å². The summed E-state index contributed by atoms with van der Waals surface area (Å²) in [5.41, 5.74) is 3.90. The molecule has 0 amide bonds. The highest BCUT2D eigenvalue weighted by atomic mass is 32.1. The fraction of sp³-hybridized carbons (Fsp3) is 0.412. The second kappa shape index (κ2) is 6.53. The number of aryl methyl sites for hydroxylation is 1. The Balaban J connectivity index is 1.68. The summed E-state index contributed by atoms with van der Waals surface area (Å²) in [6.07, 6.45) is 4.45. The summed E-state index contributed by atoms with van der Waals surface area (Å²) in [5.74, 6) is 0. The van der Waals surface area contributed by atoms with Crippen molar-refractivity contribution < 1.29 is 5.11 Å². The van der Waals surface area contributed by atoms with E-state index in [1.165, 1.54) is 30.4 Å². The van der Waals surface area contributed by atoms with Gasteiger partial charge in [-0.15, -0.1) is 0 Å². The summed E-state index contributed by atoms with van der Waals surface area (Å²) in [7, 11) is 0. The summed E-state index contributed by atoms with van der Waals surface area (Å²) in [5, 5.41) is 17.8. The largest absolute Gasteiger partial charge is 0.387 e. The van der Waals surface area contributed by atoms with Crippen LogP contribution in [-0.2, 0) is 6.42 Å². The predicted molar refractivity (Wildman–Crippen MR) is 84.0 cm³/mol. The maximum absolute atomic E-state index is 10.2. The van der Waals surface area contributed by atoms with Gasteiger partial charge in [0.1, 0.15) is 0 Å². The van der Waals surface area contributed by atoms with Crippen LogP contribution in [-0.4, -0.2) is 11.7 Å². The van der Waals surface area contributed by atoms with E-state index in [-0.39, 0.29) is 0 Å². The number of fused-ring (bicyclic) bond motifs is 1. The van der Waals surface area contributed by atoms with E-state index in [0.717, 1.165) is 12.0 Å². The summed E-state index contributed by atoms with van der Waals surface area (Å²) < 4.78 is 0. The monoisotopic (exact) mass is 287 g/mol. The molecule has 3 heteroatoms. The molecular weight excluding hydrogens is 266 g/mol. The van der Waals surface area contributed by atoms with E-state index in [2.05, 4.69) is 29.6 Å². The SMILES string of the molecule is OC(CNC1CCCCc2ccccc21)c1ccsc1. The molecule has 1 aliphatic rings. The van der Waals surface area contributed by atoms with Crippen molar-refractivity contribution in [1.29, 1.82) is 0 Å². The molecule has 0 spiro atoms. The fourth-order valence-corrected chi connectivity index (χ4v) is 3.68. The Kier molecular flexibility index (Phi) is 4.51. The normalized spacial score (nSPS) is 20.1. The lowest BCUT2D eigenvalue weighted by atomic mass is 9.99. The average molecular weight is 287 g/mol. The fourth-order valence-electron chi connectivity index (χ4n) is 2.97. The molecule has 1 aromatic carbocycles. The number of aliphatic hydroxyl groups excluding tert-OH is 1. The van der Waals surface area contributed by atoms with Crippen molar-refractivity contribution in [2.45, 2.75) is 37.8 Å². The van der Waals surface area contributed by atoms with Gasteiger partial charge in [-0.25, -0.2) is 0 Å². The summed E-state index contributed by atoms with van der Waals surface area (Å²) in [6, 6.07) is 11.1. The quantitative estimate of drug-likeness (QED) is 0.837. The number of benzene rings is 1. The molecule has 0 bridgehead atoms. The number of thiophene rings is 1. The smallest absolute Gasteiger partial charge is 0.0922 e. The minimum Gasteiger partial charge on any atom is -0.387 e. The van der Waals surface area contributed by atoms with Crippen LogP contribution in [0.25, 0.3) is 0 Å². The summed E-state index contributed by atoms with van der Waals surface area (Å²) >= 11 is 1.63. The maximum atomic E-state index is 10.2. The van der Waals surface area contributed by atoms with E-state index in [1.54, 1.807) is 11.3 Å². The van der Waals surface area contributed by atoms with Crippen molar-refractivity contribution in [3.8, 4) is 0 Å². The molecule has 20 heavy (non-hydrogen) atoms. The third-order valence-corrected chi connectivity index (χ3v) is 4.81. The molecule has 1 aliphatic carbocycles. The Hall–Kier alpha value is -1.16. The molecular formula is C17H21NOS. The first-order valence-corrected chi connectivity index (χ1v) is 8.30. The predicted octanol–water partition coefficient (Wildman–Crippen LogP) is 3.84. The molecule has 0 saturated carbocycles. The third kappa shape index (κ3) is 3.11. The molecule has 0 radical (unpaired) electrons. The standard InChI is InChI=1S/C17H21NOS/c19-17(14-9-10-20-12-14)11-18-16-8-4-2-6-13-5-1-3-7-15(13)16/h1,3,5,7,9-10,12,16-19H,2,4,6,8,11H2. The lowest BCUT2D eigenvalue weighted by molar-refractivity contribution is 0.169. The first-order chi connectivity index (χ1) is 9.84. The minimum absolute atomic E-state index is 0.377. The molecule has 2 nitrogen and oxygen atoms in total. The zero-order valence-electron chi connectivity index (χ0n) is 11.6. The van der Waals surface area contributed by atoms with E-state index in [0.29, 0.717) is 12.6 Å². The Morgan fingerprint density at radius 3 is 3.00 bits per heavy atom. The van der Waals surface area contributed by atoms with Gasteiger partial charge in [0, 0.05) is 12.6 Å². The van der Waals surface area contributed by atoms with Crippen LogP contribution in [0, 0.1) is 0 Å². The van der Waals surface area contributed by atoms with Crippen LogP contribution >= 0.6 is 11.3 Å². The van der Waals surface area contributed by atoms with Crippen molar-refractivity contribution in [1.82, 2.24) is 5.32 Å². The molecule has 1 heterocycles. The minimum atomic E-state index is -0.406. The van der Waals surface area contributed by atoms with Gasteiger partial charge in [0.05, 0.1) is 6.10 Å². The highest BCUT2D eigenvalue weighted by Gasteiger charge is 2.19. The molecule has 0 fully saturated rings. The van der Waals surface area contributed by atoms with E-state index in [1.807, 2.05) is 16.8 Å². The Morgan fingerprint density at radius 1 is 1.25 bits per heavy atom. The Labute approximate surface area is 124 Å². The number of nitrogens with one attached hydrogen (secondary N) is 1. The molecule has 2 unspecified atom stereocenters. The molecule has 2 N–H and O–H groups in total. The zero-order valence-corrected chi connectivity index (χ0v) is 12.4. The van der Waals surface area contributed by atoms with Gasteiger partial charge < -0.3 is 10.4 Å². The molecule has 0 aliphatic heterocycles. The second-order valence-electron chi connectivity index (χ2n) is 5.48. The molecule has 1 aromatic heterocycles. The van der Waals surface area contributed by atoms with Crippen molar-refractivity contribution in [2.75, 3.05) is 6.54 Å². The molecule has 0 saturated heterocycles. The highest BCUT2D eigenvalue weighted by molar-refractivity contribution is 7.07. The zero-order chi connectivity index (χ0) is 13.8. The van der Waals surface area contributed by atoms with Crippen molar-refractivity contribution in [3.63, 3.8) is 0 Å². The number of aliphatic hydroxyl groups is 1. The Morgan fingerprint density at radius 2 is 2.15 bits per heavy atom. The topological polar surface area (TPSA) is 32.3 Å². The lowest BCUT2D eigenvalue weighted by Crippen LogP contribution is -2.26. The summed E-state index contributed by atoms with van der Waals surface area (Å²) in [6.45, 7) is 0.621. The van der Waals surface area contributed by atoms with Crippen molar-refractivity contribution in [2.24, 2.45) is 0 Å². The first-order valence-electron chi connectivity index (χ1n) is 7.36. The third-order valence-electron chi connectivity index (χ3n) is 4.10. The van der Waals surface area contributed by atoms with Gasteiger partial charge in [-0.3, -0.25) is 0 Å². The number of hydrogen-bond donors (Lipinski definition) is 2. The molecule has 2 atom stereocenters. The van der Waals surface area contributed by atoms with Gasteiger partial charge in [-0.2, -0.15) is 11.3 Å².